The van der Waals surface area contributed by atoms with Crippen LogP contribution >= 0.6 is 0 Å². The monoisotopic (exact) mass is 725 g/mol. The number of pyridine rings is 1. The average molecular weight is 726 g/mol. The van der Waals surface area contributed by atoms with Crippen LogP contribution in [0.4, 0.5) is 29.1 Å². The summed E-state index contributed by atoms with van der Waals surface area (Å²) in [7, 11) is -2.58. The molecule has 1 amide bonds. The number of sulfonamides is 1. The van der Waals surface area contributed by atoms with Crippen molar-refractivity contribution in [2.75, 3.05) is 36.6 Å². The molecule has 0 spiro atoms. The third-order valence-corrected chi connectivity index (χ3v) is 10.5. The number of hydrazine groups is 1. The van der Waals surface area contributed by atoms with Crippen molar-refractivity contribution in [3.05, 3.63) is 65.1 Å². The lowest BCUT2D eigenvalue weighted by molar-refractivity contribution is -0.127. The van der Waals surface area contributed by atoms with Gasteiger partial charge in [0.15, 0.2) is 17.3 Å². The highest BCUT2D eigenvalue weighted by molar-refractivity contribution is 7.92. The highest BCUT2D eigenvalue weighted by Gasteiger charge is 2.31. The number of nitrogens with two attached hydrogens (primary N) is 1. The molecular formula is C31H39F4N7O5SSi. The van der Waals surface area contributed by atoms with Gasteiger partial charge >= 0.3 is 6.18 Å². The predicted molar refractivity (Wildman–Crippen MR) is 182 cm³/mol. The number of hydrogen-bond acceptors (Lipinski definition) is 9. The second-order valence-electron chi connectivity index (χ2n) is 12.6. The van der Waals surface area contributed by atoms with E-state index < -0.39 is 42.4 Å². The van der Waals surface area contributed by atoms with Crippen LogP contribution < -0.4 is 25.6 Å². The Bertz CT molecular complexity index is 1950. The van der Waals surface area contributed by atoms with Gasteiger partial charge < -0.3 is 14.8 Å². The van der Waals surface area contributed by atoms with Crippen LogP contribution in [0.2, 0.25) is 25.7 Å². The molecule has 4 N–H and O–H groups in total. The third-order valence-electron chi connectivity index (χ3n) is 7.61. The van der Waals surface area contributed by atoms with Gasteiger partial charge in [-0.3, -0.25) is 14.5 Å². The first-order chi connectivity index (χ1) is 22.8. The maximum absolute atomic E-state index is 15.1. The minimum Gasteiger partial charge on any atom is -0.494 e. The fourth-order valence-electron chi connectivity index (χ4n) is 4.99. The van der Waals surface area contributed by atoms with Crippen LogP contribution in [0.25, 0.3) is 22.2 Å². The van der Waals surface area contributed by atoms with Crippen molar-refractivity contribution < 1.29 is 40.2 Å². The van der Waals surface area contributed by atoms with Crippen LogP contribution in [-0.2, 0) is 34.5 Å². The molecule has 0 atom stereocenters. The maximum atomic E-state index is 15.1. The molecule has 0 fully saturated rings. The molecule has 0 aliphatic carbocycles. The zero-order chi connectivity index (χ0) is 36.3. The van der Waals surface area contributed by atoms with E-state index in [4.69, 9.17) is 15.3 Å². The molecular weight excluding hydrogens is 687 g/mol. The molecule has 4 rings (SSSR count). The van der Waals surface area contributed by atoms with Crippen molar-refractivity contribution in [1.29, 1.82) is 0 Å². The van der Waals surface area contributed by atoms with Gasteiger partial charge in [0.2, 0.25) is 10.0 Å². The Morgan fingerprint density at radius 1 is 1.12 bits per heavy atom. The van der Waals surface area contributed by atoms with Crippen LogP contribution in [0, 0.1) is 5.82 Å². The fourth-order valence-corrected chi connectivity index (χ4v) is 6.28. The first-order valence-electron chi connectivity index (χ1n) is 15.0. The molecule has 0 aliphatic rings. The number of rotatable bonds is 14. The lowest BCUT2D eigenvalue weighted by Crippen LogP contribution is -2.30. The van der Waals surface area contributed by atoms with Crippen molar-refractivity contribution >= 4 is 46.4 Å². The molecule has 49 heavy (non-hydrogen) atoms. The van der Waals surface area contributed by atoms with E-state index in [9.17, 15) is 26.4 Å². The minimum atomic E-state index is -4.66. The van der Waals surface area contributed by atoms with Crippen LogP contribution in [0.3, 0.4) is 0 Å². The molecule has 12 nitrogen and oxygen atoms in total. The number of methoxy groups -OCH3 is 1. The Morgan fingerprint density at radius 3 is 2.43 bits per heavy atom. The number of alkyl halides is 3. The number of hydrogen-bond donors (Lipinski definition) is 3. The van der Waals surface area contributed by atoms with E-state index in [0.717, 1.165) is 35.8 Å². The number of carbonyl (C=O) groups is 1. The Kier molecular flexibility index (Phi) is 11.3. The molecule has 0 unspecified atom stereocenters. The average Bonchev–Trinajstić information content (AvgIpc) is 3.39. The highest BCUT2D eigenvalue weighted by Crippen LogP contribution is 2.37. The van der Waals surface area contributed by atoms with E-state index >= 15 is 4.39 Å². The number of ether oxygens (including phenoxy) is 2. The molecule has 2 heterocycles. The number of nitrogens with one attached hydrogen (secondary N) is 2. The number of halogens is 4. The molecule has 4 aromatic rings. The van der Waals surface area contributed by atoms with E-state index in [1.165, 1.54) is 17.8 Å². The summed E-state index contributed by atoms with van der Waals surface area (Å²) >= 11 is 0. The second kappa shape index (κ2) is 14.7. The van der Waals surface area contributed by atoms with Gasteiger partial charge in [-0.25, -0.2) is 28.3 Å². The zero-order valence-electron chi connectivity index (χ0n) is 27.9. The van der Waals surface area contributed by atoms with E-state index in [2.05, 4.69) is 35.0 Å². The lowest BCUT2D eigenvalue weighted by Gasteiger charge is -2.21. The van der Waals surface area contributed by atoms with Crippen molar-refractivity contribution in [2.24, 2.45) is 5.84 Å². The third kappa shape index (κ3) is 9.25. The summed E-state index contributed by atoms with van der Waals surface area (Å²) < 4.78 is 94.4. The van der Waals surface area contributed by atoms with Gasteiger partial charge in [-0.1, -0.05) is 37.8 Å². The number of amides is 1. The van der Waals surface area contributed by atoms with Gasteiger partial charge in [0.1, 0.15) is 12.5 Å². The molecule has 18 heteroatoms. The normalized spacial score (nSPS) is 12.3. The Labute approximate surface area is 282 Å². The van der Waals surface area contributed by atoms with Gasteiger partial charge in [0.05, 0.1) is 42.1 Å². The molecule has 266 valence electrons. The van der Waals surface area contributed by atoms with Crippen LogP contribution in [0.1, 0.15) is 21.6 Å². The summed E-state index contributed by atoms with van der Waals surface area (Å²) in [6.07, 6.45) is -5.01. The Balaban J connectivity index is 1.95. The van der Waals surface area contributed by atoms with Crippen molar-refractivity contribution in [3.8, 4) is 17.0 Å². The predicted octanol–water partition coefficient (Wildman–Crippen LogP) is 5.27. The van der Waals surface area contributed by atoms with E-state index in [-0.39, 0.29) is 58.3 Å². The molecule has 2 aromatic carbocycles. The topological polar surface area (TPSA) is 154 Å². The molecule has 0 radical (unpaired) electrons. The summed E-state index contributed by atoms with van der Waals surface area (Å²) in [5, 5.41) is 7.68. The van der Waals surface area contributed by atoms with Crippen LogP contribution in [0.15, 0.2) is 42.5 Å². The van der Waals surface area contributed by atoms with E-state index in [1.54, 1.807) is 24.3 Å². The SMILES string of the molecule is COc1cc(CC(F)(F)F)c(-c2cc3c(c(NCc4ccccc4N(C)S(C)(=O)=O)n2)c(C(=O)NN)nn3COCC[Si](C)(C)C)cc1F. The van der Waals surface area contributed by atoms with Crippen LogP contribution in [-0.4, -0.2) is 70.4 Å². The van der Waals surface area contributed by atoms with E-state index in [0.29, 0.717) is 17.9 Å². The standard InChI is InChI=1S/C31H39F4N7O5SSi/c1-41(48(3,44)45)24-10-8-7-9-19(24)17-37-29-27-25(42(40-28(27)30(43)39-36)18-47-11-12-49(4,5)6)15-23(38-29)21-14-22(32)26(46-2)13-20(21)16-31(33,34)35/h7-10,13-15H,11-12,16-18,36H2,1-6H3,(H,37,38)(H,39,43). The number of benzene rings is 2. The number of anilines is 2. The second-order valence-corrected chi connectivity index (χ2v) is 20.2. The van der Waals surface area contributed by atoms with Gasteiger partial charge in [0, 0.05) is 33.8 Å². The molecule has 0 aliphatic heterocycles. The maximum Gasteiger partial charge on any atom is 0.393 e. The lowest BCUT2D eigenvalue weighted by atomic mass is 9.99. The number of aromatic nitrogens is 3. The molecule has 0 saturated carbocycles. The smallest absolute Gasteiger partial charge is 0.393 e. The van der Waals surface area contributed by atoms with Gasteiger partial charge in [-0.2, -0.15) is 18.3 Å². The highest BCUT2D eigenvalue weighted by atomic mass is 32.2. The summed E-state index contributed by atoms with van der Waals surface area (Å²) in [4.78, 5) is 17.6. The zero-order valence-corrected chi connectivity index (χ0v) is 29.7. The molecule has 0 bridgehead atoms. The fraction of sp³-hybridized carbons (Fsp3) is 0.387. The number of nitrogens with zero attached hydrogens (tertiary/aromatic N) is 4. The molecule has 2 aromatic heterocycles. The first kappa shape index (κ1) is 37.6. The van der Waals surface area contributed by atoms with E-state index in [1.807, 2.05) is 5.43 Å². The number of nitrogen functional groups attached to an aromatic ring is 1. The number of carbonyl (C=O) groups excluding carboxylic acids is 1. The Morgan fingerprint density at radius 2 is 1.82 bits per heavy atom. The summed E-state index contributed by atoms with van der Waals surface area (Å²) in [6.45, 7) is 6.75. The molecule has 0 saturated heterocycles. The van der Waals surface area contributed by atoms with Crippen molar-refractivity contribution in [2.45, 2.75) is 51.6 Å². The summed E-state index contributed by atoms with van der Waals surface area (Å²) in [6, 6.07) is 10.7. The Hall–Kier alpha value is -4.26. The largest absolute Gasteiger partial charge is 0.494 e. The minimum absolute atomic E-state index is 0.00885. The van der Waals surface area contributed by atoms with Crippen molar-refractivity contribution in [3.63, 3.8) is 0 Å². The van der Waals surface area contributed by atoms with Gasteiger partial charge in [-0.05, 0) is 41.4 Å². The van der Waals surface area contributed by atoms with Crippen LogP contribution in [0.5, 0.6) is 5.75 Å². The summed E-state index contributed by atoms with van der Waals surface area (Å²) in [5.41, 5.74) is 2.43. The van der Waals surface area contributed by atoms with Gasteiger partial charge in [-0.15, -0.1) is 0 Å². The summed E-state index contributed by atoms with van der Waals surface area (Å²) in [5.74, 6) is 3.40. The first-order valence-corrected chi connectivity index (χ1v) is 20.6. The van der Waals surface area contributed by atoms with Crippen molar-refractivity contribution in [1.82, 2.24) is 20.2 Å². The number of para-hydroxylation sites is 1. The van der Waals surface area contributed by atoms with Gasteiger partial charge in [0.25, 0.3) is 5.91 Å². The number of fused-ring (bicyclic) bond motifs is 1. The quantitative estimate of drug-likeness (QED) is 0.0394.